The SMILES string of the molecule is C=NCC(=O)OC1(c2cccc(Cn3nc(/C(F)=C/c4ccc(C5(C(F)(F)F)CC5)cc4)cc3C)c2)CC1. The highest BCUT2D eigenvalue weighted by atomic mass is 19.4. The van der Waals surface area contributed by atoms with E-state index in [0.717, 1.165) is 29.7 Å². The van der Waals surface area contributed by atoms with Crippen LogP contribution in [0.4, 0.5) is 17.6 Å². The van der Waals surface area contributed by atoms with Gasteiger partial charge in [0.1, 0.15) is 17.8 Å². The van der Waals surface area contributed by atoms with Crippen molar-refractivity contribution in [2.45, 2.75) is 56.3 Å². The molecule has 2 saturated carbocycles. The van der Waals surface area contributed by atoms with Crippen LogP contribution in [0.25, 0.3) is 11.9 Å². The molecule has 2 fully saturated rings. The Labute approximate surface area is 217 Å². The number of hydrogen-bond acceptors (Lipinski definition) is 4. The Morgan fingerprint density at radius 1 is 1.11 bits per heavy atom. The molecule has 0 amide bonds. The Morgan fingerprint density at radius 3 is 2.42 bits per heavy atom. The summed E-state index contributed by atoms with van der Waals surface area (Å²) in [5.74, 6) is -0.996. The number of ether oxygens (including phenoxy) is 1. The second kappa shape index (κ2) is 9.53. The second-order valence-electron chi connectivity index (χ2n) is 10.1. The predicted octanol–water partition coefficient (Wildman–Crippen LogP) is 6.53. The van der Waals surface area contributed by atoms with Crippen molar-refractivity contribution in [1.82, 2.24) is 9.78 Å². The number of esters is 1. The van der Waals surface area contributed by atoms with E-state index in [1.54, 1.807) is 10.7 Å². The van der Waals surface area contributed by atoms with Gasteiger partial charge in [-0.15, -0.1) is 0 Å². The molecule has 0 spiro atoms. The first-order valence-corrected chi connectivity index (χ1v) is 12.4. The fraction of sp³-hybridized carbons (Fsp3) is 0.345. The quantitative estimate of drug-likeness (QED) is 0.181. The van der Waals surface area contributed by atoms with Gasteiger partial charge in [0, 0.05) is 5.69 Å². The molecule has 38 heavy (non-hydrogen) atoms. The standard InChI is InChI=1S/C29H27F4N3O2/c1-19-14-25(24(30)16-20-6-8-22(9-7-20)27(10-11-27)29(31,32)33)35-36(19)18-21-4-3-5-23(15-21)28(12-13-28)38-26(37)17-34-2/h3-9,14-16H,2,10-13,17-18H2,1H3/b24-16-. The predicted molar refractivity (Wildman–Crippen MR) is 136 cm³/mol. The topological polar surface area (TPSA) is 56.5 Å². The Bertz CT molecular complexity index is 1400. The lowest BCUT2D eigenvalue weighted by Crippen LogP contribution is -2.28. The number of aryl methyl sites for hydroxylation is 1. The minimum atomic E-state index is -4.29. The van der Waals surface area contributed by atoms with E-state index in [2.05, 4.69) is 16.8 Å². The highest BCUT2D eigenvalue weighted by Gasteiger charge is 2.64. The van der Waals surface area contributed by atoms with Gasteiger partial charge in [-0.05, 0) is 79.8 Å². The monoisotopic (exact) mass is 525 g/mol. The van der Waals surface area contributed by atoms with Gasteiger partial charge in [-0.2, -0.15) is 18.3 Å². The molecule has 198 valence electrons. The third-order valence-electron chi connectivity index (χ3n) is 7.31. The number of rotatable bonds is 9. The maximum Gasteiger partial charge on any atom is 0.398 e. The van der Waals surface area contributed by atoms with Crippen molar-refractivity contribution in [1.29, 1.82) is 0 Å². The summed E-state index contributed by atoms with van der Waals surface area (Å²) in [5, 5.41) is 4.40. The van der Waals surface area contributed by atoms with Gasteiger partial charge in [0.25, 0.3) is 0 Å². The number of halogens is 4. The largest absolute Gasteiger partial charge is 0.453 e. The molecule has 0 bridgehead atoms. The average Bonchev–Trinajstić information content (AvgIpc) is 3.79. The Balaban J connectivity index is 1.30. The second-order valence-corrected chi connectivity index (χ2v) is 10.1. The lowest BCUT2D eigenvalue weighted by Gasteiger charge is -2.19. The molecule has 0 atom stereocenters. The van der Waals surface area contributed by atoms with Crippen LogP contribution in [0, 0.1) is 6.92 Å². The van der Waals surface area contributed by atoms with Crippen LogP contribution in [0.15, 0.2) is 59.6 Å². The van der Waals surface area contributed by atoms with Crippen LogP contribution < -0.4 is 0 Å². The normalized spacial score (nSPS) is 17.7. The first-order valence-electron chi connectivity index (χ1n) is 12.4. The minimum absolute atomic E-state index is 0.0819. The van der Waals surface area contributed by atoms with Gasteiger partial charge in [-0.3, -0.25) is 14.5 Å². The minimum Gasteiger partial charge on any atom is -0.453 e. The average molecular weight is 526 g/mol. The lowest BCUT2D eigenvalue weighted by molar-refractivity contribution is -0.160. The summed E-state index contributed by atoms with van der Waals surface area (Å²) in [6.07, 6.45) is -1.38. The molecule has 2 aliphatic carbocycles. The zero-order valence-electron chi connectivity index (χ0n) is 20.9. The van der Waals surface area contributed by atoms with Gasteiger partial charge in [0.2, 0.25) is 0 Å². The number of nitrogens with zero attached hydrogens (tertiary/aromatic N) is 3. The van der Waals surface area contributed by atoms with E-state index in [0.29, 0.717) is 12.1 Å². The van der Waals surface area contributed by atoms with Crippen molar-refractivity contribution in [2.24, 2.45) is 4.99 Å². The molecule has 0 unspecified atom stereocenters. The van der Waals surface area contributed by atoms with Gasteiger partial charge in [-0.1, -0.05) is 42.5 Å². The number of benzene rings is 2. The zero-order chi connectivity index (χ0) is 27.1. The van der Waals surface area contributed by atoms with Crippen LogP contribution in [-0.2, 0) is 27.1 Å². The summed E-state index contributed by atoms with van der Waals surface area (Å²) in [5.41, 5.74) is 0.977. The molecule has 5 nitrogen and oxygen atoms in total. The maximum atomic E-state index is 15.0. The first kappa shape index (κ1) is 25.9. The van der Waals surface area contributed by atoms with Gasteiger partial charge in [-0.25, -0.2) is 4.39 Å². The van der Waals surface area contributed by atoms with Gasteiger partial charge >= 0.3 is 12.1 Å². The van der Waals surface area contributed by atoms with E-state index < -0.39 is 29.0 Å². The van der Waals surface area contributed by atoms with E-state index in [1.807, 2.05) is 31.2 Å². The van der Waals surface area contributed by atoms with E-state index in [-0.39, 0.29) is 30.6 Å². The van der Waals surface area contributed by atoms with Crippen LogP contribution >= 0.6 is 0 Å². The van der Waals surface area contributed by atoms with Crippen molar-refractivity contribution >= 4 is 24.6 Å². The molecule has 3 aromatic rings. The molecule has 1 aromatic heterocycles. The number of alkyl halides is 3. The highest BCUT2D eigenvalue weighted by Crippen LogP contribution is 2.58. The fourth-order valence-electron chi connectivity index (χ4n) is 4.80. The Morgan fingerprint density at radius 2 is 1.82 bits per heavy atom. The molecule has 5 rings (SSSR count). The van der Waals surface area contributed by atoms with Crippen LogP contribution in [0.5, 0.6) is 0 Å². The summed E-state index contributed by atoms with van der Waals surface area (Å²) in [6, 6.07) is 15.2. The van der Waals surface area contributed by atoms with Crippen LogP contribution in [0.3, 0.4) is 0 Å². The molecule has 0 radical (unpaired) electrons. The van der Waals surface area contributed by atoms with Crippen molar-refractivity contribution in [2.75, 3.05) is 6.54 Å². The molecule has 1 heterocycles. The van der Waals surface area contributed by atoms with Crippen molar-refractivity contribution in [3.05, 3.63) is 88.2 Å². The summed E-state index contributed by atoms with van der Waals surface area (Å²) < 4.78 is 62.5. The van der Waals surface area contributed by atoms with E-state index >= 15 is 4.39 Å². The molecule has 2 aliphatic rings. The zero-order valence-corrected chi connectivity index (χ0v) is 20.9. The van der Waals surface area contributed by atoms with E-state index in [9.17, 15) is 18.0 Å². The summed E-state index contributed by atoms with van der Waals surface area (Å²) >= 11 is 0. The smallest absolute Gasteiger partial charge is 0.398 e. The van der Waals surface area contributed by atoms with Crippen molar-refractivity contribution in [3.8, 4) is 0 Å². The van der Waals surface area contributed by atoms with Gasteiger partial charge in [0.05, 0.1) is 12.0 Å². The van der Waals surface area contributed by atoms with Gasteiger partial charge < -0.3 is 4.74 Å². The third-order valence-corrected chi connectivity index (χ3v) is 7.31. The number of carbonyl (C=O) groups is 1. The van der Waals surface area contributed by atoms with Crippen LogP contribution in [0.1, 0.15) is 59.3 Å². The maximum absolute atomic E-state index is 15.0. The third kappa shape index (κ3) is 5.01. The Hall–Kier alpha value is -3.75. The fourth-order valence-corrected chi connectivity index (χ4v) is 4.80. The number of carbonyl (C=O) groups excluding carboxylic acids is 1. The first-order chi connectivity index (χ1) is 18.0. The van der Waals surface area contributed by atoms with E-state index in [4.69, 9.17) is 4.74 Å². The number of hydrogen-bond donors (Lipinski definition) is 0. The number of aromatic nitrogens is 2. The van der Waals surface area contributed by atoms with Gasteiger partial charge in [0.15, 0.2) is 5.83 Å². The molecular weight excluding hydrogens is 498 g/mol. The summed E-state index contributed by atoms with van der Waals surface area (Å²) in [6.45, 7) is 5.44. The highest BCUT2D eigenvalue weighted by molar-refractivity contribution is 5.75. The molecule has 0 aliphatic heterocycles. The van der Waals surface area contributed by atoms with Crippen LogP contribution in [0.2, 0.25) is 0 Å². The summed E-state index contributed by atoms with van der Waals surface area (Å²) in [7, 11) is 0. The number of aliphatic imine (C=N–C) groups is 1. The molecule has 2 aromatic carbocycles. The molecule has 9 heteroatoms. The molecule has 0 saturated heterocycles. The summed E-state index contributed by atoms with van der Waals surface area (Å²) in [4.78, 5) is 15.5. The lowest BCUT2D eigenvalue weighted by atomic mass is 9.94. The molecular formula is C29H27F4N3O2. The molecule has 0 N–H and O–H groups in total. The van der Waals surface area contributed by atoms with Crippen molar-refractivity contribution < 1.29 is 27.1 Å². The Kier molecular flexibility index (Phi) is 6.49. The van der Waals surface area contributed by atoms with Crippen molar-refractivity contribution in [3.63, 3.8) is 0 Å². The van der Waals surface area contributed by atoms with Crippen LogP contribution in [-0.4, -0.2) is 35.2 Å². The van der Waals surface area contributed by atoms with E-state index in [1.165, 1.54) is 30.3 Å².